The van der Waals surface area contributed by atoms with E-state index in [0.29, 0.717) is 12.5 Å². The molecule has 0 saturated heterocycles. The second kappa shape index (κ2) is 5.50. The van der Waals surface area contributed by atoms with Gasteiger partial charge in [0.05, 0.1) is 5.60 Å². The van der Waals surface area contributed by atoms with Gasteiger partial charge in [-0.2, -0.15) is 0 Å². The van der Waals surface area contributed by atoms with Crippen LogP contribution in [0.15, 0.2) is 0 Å². The molecule has 0 bridgehead atoms. The van der Waals surface area contributed by atoms with Gasteiger partial charge in [0, 0.05) is 12.0 Å². The Bertz CT molecular complexity index is 270. The van der Waals surface area contributed by atoms with Gasteiger partial charge in [-0.15, -0.1) is 0 Å². The zero-order valence-electron chi connectivity index (χ0n) is 12.3. The van der Waals surface area contributed by atoms with Gasteiger partial charge in [0.15, 0.2) is 0 Å². The van der Waals surface area contributed by atoms with E-state index >= 15 is 0 Å². The first-order valence-corrected chi connectivity index (χ1v) is 7.98. The molecule has 0 heterocycles. The normalized spacial score (nSPS) is 46.0. The highest BCUT2D eigenvalue weighted by Gasteiger charge is 2.51. The smallest absolute Gasteiger partial charge is 0.0718 e. The third-order valence-corrected chi connectivity index (χ3v) is 5.99. The predicted molar refractivity (Wildman–Crippen MR) is 76.3 cm³/mol. The molecule has 2 rings (SSSR count). The Labute approximate surface area is 112 Å². The van der Waals surface area contributed by atoms with Crippen molar-refractivity contribution < 1.29 is 5.11 Å². The molecule has 0 aromatic heterocycles. The van der Waals surface area contributed by atoms with Crippen LogP contribution in [0.25, 0.3) is 0 Å². The Hall–Kier alpha value is -0.0800. The first-order valence-electron chi connectivity index (χ1n) is 7.98. The van der Waals surface area contributed by atoms with Crippen molar-refractivity contribution in [3.8, 4) is 0 Å². The topological polar surface area (TPSA) is 46.2 Å². The molecule has 2 aliphatic rings. The summed E-state index contributed by atoms with van der Waals surface area (Å²) < 4.78 is 0. The summed E-state index contributed by atoms with van der Waals surface area (Å²) in [5, 5.41) is 11.2. The van der Waals surface area contributed by atoms with Crippen molar-refractivity contribution in [2.24, 2.45) is 23.0 Å². The minimum absolute atomic E-state index is 0.0212. The van der Waals surface area contributed by atoms with Crippen LogP contribution >= 0.6 is 0 Å². The number of hydrogen-bond donors (Lipinski definition) is 2. The maximum atomic E-state index is 11.2. The molecule has 2 unspecified atom stereocenters. The van der Waals surface area contributed by atoms with Crippen LogP contribution in [0.2, 0.25) is 0 Å². The zero-order chi connectivity index (χ0) is 13.2. The minimum atomic E-state index is -0.474. The summed E-state index contributed by atoms with van der Waals surface area (Å²) >= 11 is 0. The Morgan fingerprint density at radius 1 is 1.17 bits per heavy atom. The second-order valence-corrected chi connectivity index (χ2v) is 7.07. The lowest BCUT2D eigenvalue weighted by molar-refractivity contribution is -0.135. The third kappa shape index (κ3) is 2.46. The maximum Gasteiger partial charge on any atom is 0.0718 e. The van der Waals surface area contributed by atoms with Gasteiger partial charge in [0.25, 0.3) is 0 Å². The summed E-state index contributed by atoms with van der Waals surface area (Å²) in [5.74, 6) is 1.53. The fourth-order valence-corrected chi connectivity index (χ4v) is 4.50. The monoisotopic (exact) mass is 253 g/mol. The molecule has 2 aliphatic carbocycles. The summed E-state index contributed by atoms with van der Waals surface area (Å²) in [7, 11) is 0. The van der Waals surface area contributed by atoms with Crippen molar-refractivity contribution in [2.75, 3.05) is 6.54 Å². The average Bonchev–Trinajstić information content (AvgIpc) is 2.38. The standard InChI is InChI=1S/C16H31NO/c1-3-14-6-9-15(12-17,10-7-14)16(18)8-4-5-13(2)11-16/h13-14,18H,3-12,17H2,1-2H3. The van der Waals surface area contributed by atoms with Gasteiger partial charge in [0.2, 0.25) is 0 Å². The van der Waals surface area contributed by atoms with Crippen molar-refractivity contribution in [3.05, 3.63) is 0 Å². The molecule has 2 fully saturated rings. The van der Waals surface area contributed by atoms with Gasteiger partial charge in [-0.3, -0.25) is 0 Å². The van der Waals surface area contributed by atoms with Gasteiger partial charge in [-0.05, 0) is 50.4 Å². The summed E-state index contributed by atoms with van der Waals surface area (Å²) in [6.07, 6.45) is 10.5. The van der Waals surface area contributed by atoms with E-state index in [1.165, 1.54) is 32.1 Å². The molecule has 3 N–H and O–H groups in total. The zero-order valence-corrected chi connectivity index (χ0v) is 12.3. The van der Waals surface area contributed by atoms with Crippen molar-refractivity contribution in [2.45, 2.75) is 77.2 Å². The third-order valence-electron chi connectivity index (χ3n) is 5.99. The summed E-state index contributed by atoms with van der Waals surface area (Å²) in [6, 6.07) is 0. The molecule has 18 heavy (non-hydrogen) atoms. The number of rotatable bonds is 3. The Morgan fingerprint density at radius 2 is 1.83 bits per heavy atom. The van der Waals surface area contributed by atoms with E-state index in [4.69, 9.17) is 5.73 Å². The van der Waals surface area contributed by atoms with E-state index in [-0.39, 0.29) is 5.41 Å². The first kappa shape index (κ1) is 14.3. The van der Waals surface area contributed by atoms with Crippen molar-refractivity contribution in [3.63, 3.8) is 0 Å². The molecule has 2 atom stereocenters. The molecular weight excluding hydrogens is 222 g/mol. The molecule has 106 valence electrons. The minimum Gasteiger partial charge on any atom is -0.389 e. The summed E-state index contributed by atoms with van der Waals surface area (Å²) in [5.41, 5.74) is 5.67. The highest BCUT2D eigenvalue weighted by atomic mass is 16.3. The van der Waals surface area contributed by atoms with E-state index in [0.717, 1.165) is 31.6 Å². The molecule has 2 saturated carbocycles. The van der Waals surface area contributed by atoms with Gasteiger partial charge in [-0.25, -0.2) is 0 Å². The van der Waals surface area contributed by atoms with Crippen LogP contribution in [-0.4, -0.2) is 17.3 Å². The lowest BCUT2D eigenvalue weighted by Crippen LogP contribution is -2.56. The maximum absolute atomic E-state index is 11.2. The lowest BCUT2D eigenvalue weighted by Gasteiger charge is -2.53. The summed E-state index contributed by atoms with van der Waals surface area (Å²) in [4.78, 5) is 0. The van der Waals surface area contributed by atoms with Crippen LogP contribution in [0.4, 0.5) is 0 Å². The van der Waals surface area contributed by atoms with E-state index in [1.54, 1.807) is 0 Å². The molecule has 0 spiro atoms. The van der Waals surface area contributed by atoms with Crippen LogP contribution in [-0.2, 0) is 0 Å². The lowest BCUT2D eigenvalue weighted by atomic mass is 9.56. The van der Waals surface area contributed by atoms with Crippen LogP contribution in [0.1, 0.15) is 71.6 Å². The second-order valence-electron chi connectivity index (χ2n) is 7.07. The van der Waals surface area contributed by atoms with Gasteiger partial charge < -0.3 is 10.8 Å². The van der Waals surface area contributed by atoms with E-state index < -0.39 is 5.60 Å². The van der Waals surface area contributed by atoms with Crippen LogP contribution in [0.5, 0.6) is 0 Å². The van der Waals surface area contributed by atoms with Crippen molar-refractivity contribution in [1.82, 2.24) is 0 Å². The molecule has 2 heteroatoms. The fraction of sp³-hybridized carbons (Fsp3) is 1.00. The average molecular weight is 253 g/mol. The highest BCUT2D eigenvalue weighted by Crippen LogP contribution is 2.52. The number of nitrogens with two attached hydrogens (primary N) is 1. The SMILES string of the molecule is CCC1CCC(CN)(C2(O)CCCC(C)C2)CC1. The van der Waals surface area contributed by atoms with E-state index in [9.17, 15) is 5.11 Å². The van der Waals surface area contributed by atoms with Gasteiger partial charge in [0.1, 0.15) is 0 Å². The van der Waals surface area contributed by atoms with Crippen molar-refractivity contribution in [1.29, 1.82) is 0 Å². The van der Waals surface area contributed by atoms with E-state index in [2.05, 4.69) is 13.8 Å². The number of hydrogen-bond acceptors (Lipinski definition) is 2. The molecule has 0 amide bonds. The van der Waals surface area contributed by atoms with Crippen LogP contribution in [0, 0.1) is 17.3 Å². The Balaban J connectivity index is 2.11. The molecule has 2 nitrogen and oxygen atoms in total. The largest absolute Gasteiger partial charge is 0.389 e. The first-order chi connectivity index (χ1) is 8.55. The fourth-order valence-electron chi connectivity index (χ4n) is 4.50. The number of aliphatic hydroxyl groups is 1. The van der Waals surface area contributed by atoms with Crippen LogP contribution < -0.4 is 5.73 Å². The van der Waals surface area contributed by atoms with Crippen molar-refractivity contribution >= 4 is 0 Å². The summed E-state index contributed by atoms with van der Waals surface area (Å²) in [6.45, 7) is 5.25. The molecule has 0 aromatic rings. The van der Waals surface area contributed by atoms with Crippen LogP contribution in [0.3, 0.4) is 0 Å². The Morgan fingerprint density at radius 3 is 2.33 bits per heavy atom. The molecule has 0 radical (unpaired) electrons. The molecular formula is C16H31NO. The van der Waals surface area contributed by atoms with Gasteiger partial charge >= 0.3 is 0 Å². The Kier molecular flexibility index (Phi) is 4.38. The highest BCUT2D eigenvalue weighted by molar-refractivity contribution is 5.03. The molecule has 0 aliphatic heterocycles. The quantitative estimate of drug-likeness (QED) is 0.809. The van der Waals surface area contributed by atoms with Gasteiger partial charge in [-0.1, -0.05) is 33.1 Å². The van der Waals surface area contributed by atoms with E-state index in [1.807, 2.05) is 0 Å². The predicted octanol–water partition coefficient (Wildman–Crippen LogP) is 3.47. The molecule has 0 aromatic carbocycles.